The summed E-state index contributed by atoms with van der Waals surface area (Å²) in [4.78, 5) is 30.6. The number of carbonyl (C=O) groups excluding carboxylic acids is 2. The summed E-state index contributed by atoms with van der Waals surface area (Å²) in [6.07, 6.45) is 0.443. The maximum atomic E-state index is 12.8. The van der Waals surface area contributed by atoms with Crippen LogP contribution in [0.4, 0.5) is 10.8 Å². The van der Waals surface area contributed by atoms with Crippen molar-refractivity contribution in [1.82, 2.24) is 4.98 Å². The number of nitrogens with zero attached hydrogens (tertiary/aromatic N) is 1. The van der Waals surface area contributed by atoms with Gasteiger partial charge in [-0.05, 0) is 47.4 Å². The first-order valence-electron chi connectivity index (χ1n) is 11.5. The number of nitrogens with one attached hydrogen (secondary N) is 2. The van der Waals surface area contributed by atoms with Crippen LogP contribution in [-0.4, -0.2) is 22.0 Å². The van der Waals surface area contributed by atoms with Gasteiger partial charge in [-0.2, -0.15) is 0 Å². The summed E-state index contributed by atoms with van der Waals surface area (Å²) in [7, 11) is 0. The van der Waals surface area contributed by atoms with Crippen molar-refractivity contribution in [3.8, 4) is 11.3 Å². The van der Waals surface area contributed by atoms with Crippen molar-refractivity contribution >= 4 is 56.5 Å². The van der Waals surface area contributed by atoms with Gasteiger partial charge in [0.25, 0.3) is 0 Å². The zero-order valence-corrected chi connectivity index (χ0v) is 21.9. The second kappa shape index (κ2) is 10.6. The molecule has 0 aliphatic rings. The van der Waals surface area contributed by atoms with Crippen LogP contribution in [0.3, 0.4) is 0 Å². The van der Waals surface area contributed by atoms with Crippen molar-refractivity contribution in [2.45, 2.75) is 44.3 Å². The molecule has 5 nitrogen and oxygen atoms in total. The highest BCUT2D eigenvalue weighted by molar-refractivity contribution is 8.00. The molecule has 1 aromatic heterocycles. The van der Waals surface area contributed by atoms with Crippen molar-refractivity contribution in [3.05, 3.63) is 72.1 Å². The lowest BCUT2D eigenvalue weighted by Gasteiger charge is -2.17. The predicted octanol–water partition coefficient (Wildman–Crippen LogP) is 7.46. The molecule has 0 fully saturated rings. The molecule has 0 saturated carbocycles. The van der Waals surface area contributed by atoms with E-state index in [1.165, 1.54) is 28.5 Å². The summed E-state index contributed by atoms with van der Waals surface area (Å²) in [6, 6.07) is 22.0. The van der Waals surface area contributed by atoms with E-state index in [-0.39, 0.29) is 22.5 Å². The van der Waals surface area contributed by atoms with Gasteiger partial charge in [-0.3, -0.25) is 9.59 Å². The zero-order chi connectivity index (χ0) is 25.0. The molecule has 1 atom stereocenters. The number of rotatable bonds is 7. The maximum absolute atomic E-state index is 12.8. The van der Waals surface area contributed by atoms with E-state index in [9.17, 15) is 9.59 Å². The Morgan fingerprint density at radius 2 is 1.74 bits per heavy atom. The molecule has 1 heterocycles. The van der Waals surface area contributed by atoms with Crippen molar-refractivity contribution in [2.24, 2.45) is 5.41 Å². The molecule has 0 radical (unpaired) electrons. The summed E-state index contributed by atoms with van der Waals surface area (Å²) >= 11 is 2.86. The smallest absolute Gasteiger partial charge is 0.239 e. The Kier molecular flexibility index (Phi) is 7.57. The molecular weight excluding hydrogens is 474 g/mol. The molecule has 0 aliphatic carbocycles. The lowest BCUT2D eigenvalue weighted by molar-refractivity contribution is -0.118. The van der Waals surface area contributed by atoms with Crippen LogP contribution in [0.15, 0.2) is 77.0 Å². The first-order valence-corrected chi connectivity index (χ1v) is 13.2. The minimum Gasteiger partial charge on any atom is -0.326 e. The minimum atomic E-state index is -0.330. The minimum absolute atomic E-state index is 0.0172. The van der Waals surface area contributed by atoms with Crippen LogP contribution in [0.25, 0.3) is 22.0 Å². The van der Waals surface area contributed by atoms with E-state index in [1.54, 1.807) is 0 Å². The van der Waals surface area contributed by atoms with E-state index in [2.05, 4.69) is 45.9 Å². The van der Waals surface area contributed by atoms with Gasteiger partial charge >= 0.3 is 0 Å². The molecule has 0 aliphatic heterocycles. The van der Waals surface area contributed by atoms with Gasteiger partial charge in [0, 0.05) is 27.9 Å². The number of fused-ring (bicyclic) bond motifs is 1. The van der Waals surface area contributed by atoms with Crippen LogP contribution in [0.1, 0.15) is 34.1 Å². The molecule has 35 heavy (non-hydrogen) atoms. The van der Waals surface area contributed by atoms with Crippen molar-refractivity contribution in [1.29, 1.82) is 0 Å². The van der Waals surface area contributed by atoms with Gasteiger partial charge < -0.3 is 10.6 Å². The topological polar surface area (TPSA) is 71.1 Å². The molecular formula is C28H29N3O2S2. The molecule has 4 rings (SSSR count). The fourth-order valence-corrected chi connectivity index (χ4v) is 5.26. The third-order valence-electron chi connectivity index (χ3n) is 5.27. The average Bonchev–Trinajstić information content (AvgIpc) is 3.26. The number of thioether (sulfide) groups is 1. The molecule has 0 saturated heterocycles. The second-order valence-corrected chi connectivity index (χ2v) is 11.9. The molecule has 4 aromatic rings. The molecule has 2 N–H and O–H groups in total. The highest BCUT2D eigenvalue weighted by Gasteiger charge is 2.18. The van der Waals surface area contributed by atoms with Gasteiger partial charge in [-0.25, -0.2) is 4.98 Å². The molecule has 2 amide bonds. The number of hydrogen-bond donors (Lipinski definition) is 2. The van der Waals surface area contributed by atoms with Gasteiger partial charge in [0.2, 0.25) is 11.8 Å². The van der Waals surface area contributed by atoms with Crippen LogP contribution >= 0.6 is 23.1 Å². The quantitative estimate of drug-likeness (QED) is 0.257. The third kappa shape index (κ3) is 6.93. The Labute approximate surface area is 214 Å². The SMILES string of the molecule is CC(Sc1cccc(NC(=O)CC(C)(C)C)c1)C(=O)Nc1nc(-c2ccc3ccccc3c2)cs1. The maximum Gasteiger partial charge on any atom is 0.239 e. The summed E-state index contributed by atoms with van der Waals surface area (Å²) in [6.45, 7) is 7.97. The Bertz CT molecular complexity index is 1360. The molecule has 7 heteroatoms. The highest BCUT2D eigenvalue weighted by Crippen LogP contribution is 2.30. The van der Waals surface area contributed by atoms with E-state index in [0.29, 0.717) is 11.6 Å². The Morgan fingerprint density at radius 3 is 2.51 bits per heavy atom. The second-order valence-electron chi connectivity index (χ2n) is 9.66. The lowest BCUT2D eigenvalue weighted by Crippen LogP contribution is -2.22. The number of anilines is 2. The third-order valence-corrected chi connectivity index (χ3v) is 7.12. The Balaban J connectivity index is 1.37. The van der Waals surface area contributed by atoms with Gasteiger partial charge in [-0.1, -0.05) is 63.2 Å². The predicted molar refractivity (Wildman–Crippen MR) is 148 cm³/mol. The van der Waals surface area contributed by atoms with Gasteiger partial charge in [-0.15, -0.1) is 23.1 Å². The summed E-state index contributed by atoms with van der Waals surface area (Å²) in [5.41, 5.74) is 2.52. The summed E-state index contributed by atoms with van der Waals surface area (Å²) < 4.78 is 0. The Hall–Kier alpha value is -3.16. The van der Waals surface area contributed by atoms with E-state index >= 15 is 0 Å². The number of carbonyl (C=O) groups is 2. The van der Waals surface area contributed by atoms with E-state index < -0.39 is 0 Å². The number of thiazole rings is 1. The molecule has 1 unspecified atom stereocenters. The van der Waals surface area contributed by atoms with Crippen LogP contribution in [0.5, 0.6) is 0 Å². The van der Waals surface area contributed by atoms with Crippen molar-refractivity contribution in [3.63, 3.8) is 0 Å². The first-order chi connectivity index (χ1) is 16.7. The highest BCUT2D eigenvalue weighted by atomic mass is 32.2. The number of benzene rings is 3. The molecule has 0 spiro atoms. The van der Waals surface area contributed by atoms with Gasteiger partial charge in [0.1, 0.15) is 0 Å². The van der Waals surface area contributed by atoms with Gasteiger partial charge in [0.15, 0.2) is 5.13 Å². The van der Waals surface area contributed by atoms with Crippen LogP contribution in [0, 0.1) is 5.41 Å². The van der Waals surface area contributed by atoms with E-state index in [0.717, 1.165) is 27.2 Å². The fourth-order valence-electron chi connectivity index (χ4n) is 3.61. The van der Waals surface area contributed by atoms with Crippen LogP contribution in [0.2, 0.25) is 0 Å². The normalized spacial score (nSPS) is 12.3. The first kappa shape index (κ1) is 24.9. The monoisotopic (exact) mass is 503 g/mol. The lowest BCUT2D eigenvalue weighted by atomic mass is 9.92. The zero-order valence-electron chi connectivity index (χ0n) is 20.3. The van der Waals surface area contributed by atoms with E-state index in [4.69, 9.17) is 0 Å². The largest absolute Gasteiger partial charge is 0.326 e. The number of hydrogen-bond acceptors (Lipinski definition) is 5. The van der Waals surface area contributed by atoms with Crippen LogP contribution in [-0.2, 0) is 9.59 Å². The molecule has 180 valence electrons. The number of amides is 2. The molecule has 0 bridgehead atoms. The molecule has 3 aromatic carbocycles. The van der Waals surface area contributed by atoms with E-state index in [1.807, 2.05) is 69.5 Å². The summed E-state index contributed by atoms with van der Waals surface area (Å²) in [5, 5.41) is 10.4. The number of aromatic nitrogens is 1. The van der Waals surface area contributed by atoms with Crippen LogP contribution < -0.4 is 10.6 Å². The fraction of sp³-hybridized carbons (Fsp3) is 0.250. The Morgan fingerprint density at radius 1 is 0.971 bits per heavy atom. The van der Waals surface area contributed by atoms with Crippen molar-refractivity contribution < 1.29 is 9.59 Å². The standard InChI is InChI=1S/C28H29N3O2S2/c1-18(35-23-11-7-10-22(15-23)29-25(32)16-28(2,3)4)26(33)31-27-30-24(17-34-27)21-13-12-19-8-5-6-9-20(19)14-21/h5-15,17-18H,16H2,1-4H3,(H,29,32)(H,30,31,33). The van der Waals surface area contributed by atoms with Gasteiger partial charge in [0.05, 0.1) is 10.9 Å². The van der Waals surface area contributed by atoms with Crippen molar-refractivity contribution in [2.75, 3.05) is 10.6 Å². The average molecular weight is 504 g/mol. The summed E-state index contributed by atoms with van der Waals surface area (Å²) in [5.74, 6) is -0.131.